The van der Waals surface area contributed by atoms with Gasteiger partial charge in [-0.3, -0.25) is 9.59 Å². The summed E-state index contributed by atoms with van der Waals surface area (Å²) in [5.74, 6) is 0.105. The molecule has 0 aromatic heterocycles. The zero-order chi connectivity index (χ0) is 14.5. The Kier molecular flexibility index (Phi) is 5.06. The maximum atomic E-state index is 12.5. The Labute approximate surface area is 123 Å². The molecule has 2 amide bonds. The van der Waals surface area contributed by atoms with Gasteiger partial charge in [0.1, 0.15) is 0 Å². The second kappa shape index (κ2) is 6.79. The third-order valence-corrected chi connectivity index (χ3v) is 4.51. The first kappa shape index (κ1) is 14.9. The van der Waals surface area contributed by atoms with Crippen LogP contribution in [0.2, 0.25) is 0 Å². The molecule has 108 valence electrons. The molecule has 4 nitrogen and oxygen atoms in total. The van der Waals surface area contributed by atoms with Crippen molar-refractivity contribution in [3.05, 3.63) is 35.9 Å². The molecule has 20 heavy (non-hydrogen) atoms. The zero-order valence-electron chi connectivity index (χ0n) is 11.8. The van der Waals surface area contributed by atoms with Crippen molar-refractivity contribution in [2.75, 3.05) is 19.3 Å². The van der Waals surface area contributed by atoms with Crippen LogP contribution in [-0.2, 0) is 9.59 Å². The zero-order valence-corrected chi connectivity index (χ0v) is 12.7. The van der Waals surface area contributed by atoms with Crippen molar-refractivity contribution in [3.8, 4) is 0 Å². The van der Waals surface area contributed by atoms with Gasteiger partial charge in [0.25, 0.3) is 0 Å². The van der Waals surface area contributed by atoms with E-state index in [1.54, 1.807) is 0 Å². The highest BCUT2D eigenvalue weighted by Crippen LogP contribution is 2.27. The molecule has 2 atom stereocenters. The molecule has 1 aromatic rings. The minimum Gasteiger partial charge on any atom is -0.354 e. The molecular formula is C15H20N2O2S. The summed E-state index contributed by atoms with van der Waals surface area (Å²) in [5, 5.41) is 2.76. The summed E-state index contributed by atoms with van der Waals surface area (Å²) in [6.07, 6.45) is 2.26. The van der Waals surface area contributed by atoms with Crippen LogP contribution in [0, 0.1) is 0 Å². The largest absolute Gasteiger partial charge is 0.354 e. The van der Waals surface area contributed by atoms with Crippen LogP contribution in [0.25, 0.3) is 0 Å². The van der Waals surface area contributed by atoms with Crippen LogP contribution in [0.3, 0.4) is 0 Å². The van der Waals surface area contributed by atoms with Crippen LogP contribution >= 0.6 is 11.8 Å². The lowest BCUT2D eigenvalue weighted by Gasteiger charge is -2.31. The van der Waals surface area contributed by atoms with Gasteiger partial charge in [0.05, 0.1) is 17.7 Å². The number of benzene rings is 1. The number of carbonyl (C=O) groups excluding carboxylic acids is 2. The number of carbonyl (C=O) groups is 2. The quantitative estimate of drug-likeness (QED) is 0.924. The Morgan fingerprint density at radius 1 is 1.40 bits per heavy atom. The number of nitrogens with zero attached hydrogens (tertiary/aromatic N) is 1. The summed E-state index contributed by atoms with van der Waals surface area (Å²) in [7, 11) is 0. The molecule has 1 heterocycles. The van der Waals surface area contributed by atoms with Gasteiger partial charge in [-0.2, -0.15) is 11.8 Å². The molecule has 0 bridgehead atoms. The highest BCUT2D eigenvalue weighted by Gasteiger charge is 2.31. The number of nitrogens with one attached hydrogen (secondary N) is 1. The lowest BCUT2D eigenvalue weighted by Crippen LogP contribution is -2.40. The first-order chi connectivity index (χ1) is 9.63. The summed E-state index contributed by atoms with van der Waals surface area (Å²) >= 11 is 1.53. The van der Waals surface area contributed by atoms with E-state index < -0.39 is 0 Å². The smallest absolute Gasteiger partial charge is 0.235 e. The van der Waals surface area contributed by atoms with Gasteiger partial charge in [-0.25, -0.2) is 0 Å². The van der Waals surface area contributed by atoms with E-state index in [-0.39, 0.29) is 23.1 Å². The van der Waals surface area contributed by atoms with Crippen LogP contribution in [-0.4, -0.2) is 41.3 Å². The Balaban J connectivity index is 2.30. The molecule has 1 saturated heterocycles. The van der Waals surface area contributed by atoms with Gasteiger partial charge in [0, 0.05) is 13.1 Å². The summed E-state index contributed by atoms with van der Waals surface area (Å²) in [6.45, 7) is 3.00. The average Bonchev–Trinajstić information content (AvgIpc) is 2.68. The molecule has 0 radical (unpaired) electrons. The fraction of sp³-hybridized carbons (Fsp3) is 0.467. The van der Waals surface area contributed by atoms with Crippen molar-refractivity contribution in [1.82, 2.24) is 10.2 Å². The van der Waals surface area contributed by atoms with Crippen molar-refractivity contribution < 1.29 is 9.59 Å². The number of thioether (sulfide) groups is 1. The van der Waals surface area contributed by atoms with Crippen molar-refractivity contribution in [2.24, 2.45) is 0 Å². The number of hydrogen-bond acceptors (Lipinski definition) is 3. The minimum atomic E-state index is -0.166. The monoisotopic (exact) mass is 292 g/mol. The van der Waals surface area contributed by atoms with E-state index in [2.05, 4.69) is 5.32 Å². The number of amides is 2. The highest BCUT2D eigenvalue weighted by atomic mass is 32.2. The van der Waals surface area contributed by atoms with Gasteiger partial charge in [-0.15, -0.1) is 0 Å². The summed E-state index contributed by atoms with van der Waals surface area (Å²) in [5.41, 5.74) is 1.02. The number of hydrogen-bond donors (Lipinski definition) is 1. The molecule has 1 N–H and O–H groups in total. The van der Waals surface area contributed by atoms with Crippen LogP contribution in [0.5, 0.6) is 0 Å². The van der Waals surface area contributed by atoms with E-state index >= 15 is 0 Å². The van der Waals surface area contributed by atoms with Gasteiger partial charge < -0.3 is 10.2 Å². The van der Waals surface area contributed by atoms with E-state index in [1.807, 2.05) is 48.4 Å². The van der Waals surface area contributed by atoms with Crippen molar-refractivity contribution >= 4 is 23.6 Å². The van der Waals surface area contributed by atoms with Gasteiger partial charge in [0.15, 0.2) is 0 Å². The second-order valence-corrected chi connectivity index (χ2v) is 6.07. The van der Waals surface area contributed by atoms with E-state index in [4.69, 9.17) is 0 Å². The first-order valence-corrected chi connectivity index (χ1v) is 8.07. The normalized spacial score (nSPS) is 21.0. The lowest BCUT2D eigenvalue weighted by atomic mass is 10.0. The fourth-order valence-electron chi connectivity index (χ4n) is 2.40. The first-order valence-electron chi connectivity index (χ1n) is 6.78. The molecule has 2 rings (SSSR count). The third-order valence-electron chi connectivity index (χ3n) is 3.60. The second-order valence-electron chi connectivity index (χ2n) is 4.89. The molecule has 1 aliphatic heterocycles. The molecule has 0 aliphatic carbocycles. The van der Waals surface area contributed by atoms with E-state index in [0.717, 1.165) is 5.56 Å². The maximum absolute atomic E-state index is 12.5. The molecule has 1 aromatic carbocycles. The van der Waals surface area contributed by atoms with Crippen LogP contribution in [0.1, 0.15) is 24.9 Å². The minimum absolute atomic E-state index is 0.00552. The Morgan fingerprint density at radius 3 is 2.75 bits per heavy atom. The Hall–Kier alpha value is -1.49. The fourth-order valence-corrected chi connectivity index (χ4v) is 2.74. The molecule has 1 aliphatic rings. The standard InChI is InChI=1S/C15H20N2O2S/c1-11(20-2)15(19)17-9-8-16-14(18)10-13(17)12-6-4-3-5-7-12/h3-7,11,13H,8-10H2,1-2H3,(H,16,18)/t11-,13-/m1/s1. The van der Waals surface area contributed by atoms with E-state index in [9.17, 15) is 9.59 Å². The summed E-state index contributed by atoms with van der Waals surface area (Å²) in [4.78, 5) is 26.2. The predicted octanol–water partition coefficient (Wildman–Crippen LogP) is 1.83. The molecule has 0 saturated carbocycles. The Bertz CT molecular complexity index is 478. The molecule has 5 heteroatoms. The lowest BCUT2D eigenvalue weighted by molar-refractivity contribution is -0.132. The molecular weight excluding hydrogens is 272 g/mol. The Morgan fingerprint density at radius 2 is 2.10 bits per heavy atom. The van der Waals surface area contributed by atoms with Crippen molar-refractivity contribution in [1.29, 1.82) is 0 Å². The molecule has 0 unspecified atom stereocenters. The van der Waals surface area contributed by atoms with E-state index in [0.29, 0.717) is 19.5 Å². The summed E-state index contributed by atoms with van der Waals surface area (Å²) in [6, 6.07) is 9.62. The van der Waals surface area contributed by atoms with Gasteiger partial charge in [-0.1, -0.05) is 30.3 Å². The van der Waals surface area contributed by atoms with Crippen molar-refractivity contribution in [3.63, 3.8) is 0 Å². The molecule has 1 fully saturated rings. The average molecular weight is 292 g/mol. The van der Waals surface area contributed by atoms with Crippen LogP contribution < -0.4 is 5.32 Å². The third kappa shape index (κ3) is 3.33. The predicted molar refractivity (Wildman–Crippen MR) is 81.5 cm³/mol. The SMILES string of the molecule is CS[C@H](C)C(=O)N1CCNC(=O)C[C@@H]1c1ccccc1. The van der Waals surface area contributed by atoms with Gasteiger partial charge >= 0.3 is 0 Å². The highest BCUT2D eigenvalue weighted by molar-refractivity contribution is 7.99. The number of rotatable bonds is 3. The van der Waals surface area contributed by atoms with E-state index in [1.165, 1.54) is 11.8 Å². The van der Waals surface area contributed by atoms with Crippen LogP contribution in [0.4, 0.5) is 0 Å². The van der Waals surface area contributed by atoms with Crippen LogP contribution in [0.15, 0.2) is 30.3 Å². The van der Waals surface area contributed by atoms with Gasteiger partial charge in [-0.05, 0) is 18.7 Å². The molecule has 0 spiro atoms. The topological polar surface area (TPSA) is 49.4 Å². The summed E-state index contributed by atoms with van der Waals surface area (Å²) < 4.78 is 0. The van der Waals surface area contributed by atoms with Gasteiger partial charge in [0.2, 0.25) is 11.8 Å². The maximum Gasteiger partial charge on any atom is 0.235 e. The van der Waals surface area contributed by atoms with Crippen molar-refractivity contribution in [2.45, 2.75) is 24.6 Å².